The Labute approximate surface area is 172 Å². The van der Waals surface area contributed by atoms with Crippen LogP contribution in [0.25, 0.3) is 11.3 Å². The number of nitro benzene ring substituents is 1. The molecule has 1 amide bonds. The maximum absolute atomic E-state index is 12.6. The Morgan fingerprint density at radius 3 is 2.60 bits per heavy atom. The van der Waals surface area contributed by atoms with E-state index in [0.29, 0.717) is 28.5 Å². The van der Waals surface area contributed by atoms with Crippen LogP contribution in [0.2, 0.25) is 0 Å². The largest absolute Gasteiger partial charge is 0.496 e. The summed E-state index contributed by atoms with van der Waals surface area (Å²) in [6.07, 6.45) is 0. The third-order valence-corrected chi connectivity index (χ3v) is 4.26. The maximum atomic E-state index is 12.6. The number of amides is 1. The second-order valence-electron chi connectivity index (χ2n) is 6.17. The number of nitro groups is 1. The van der Waals surface area contributed by atoms with Crippen LogP contribution >= 0.6 is 0 Å². The molecule has 0 bridgehead atoms. The van der Waals surface area contributed by atoms with E-state index in [1.54, 1.807) is 37.3 Å². The Morgan fingerprint density at radius 2 is 1.97 bits per heavy atom. The highest BCUT2D eigenvalue weighted by atomic mass is 16.6. The molecule has 0 radical (unpaired) electrons. The Hall–Kier alpha value is -3.85. The van der Waals surface area contributed by atoms with E-state index < -0.39 is 10.8 Å². The second-order valence-corrected chi connectivity index (χ2v) is 6.17. The van der Waals surface area contributed by atoms with Crippen LogP contribution in [0.15, 0.2) is 52.9 Å². The normalized spacial score (nSPS) is 10.5. The van der Waals surface area contributed by atoms with Gasteiger partial charge in [0.25, 0.3) is 5.91 Å². The molecular weight excluding hydrogens is 392 g/mol. The smallest absolute Gasteiger partial charge is 0.311 e. The lowest BCUT2D eigenvalue weighted by atomic mass is 10.1. The van der Waals surface area contributed by atoms with Crippen LogP contribution in [0, 0.1) is 10.1 Å². The summed E-state index contributed by atoms with van der Waals surface area (Å²) in [7, 11) is 1.48. The lowest BCUT2D eigenvalue weighted by Crippen LogP contribution is -2.12. The zero-order chi connectivity index (χ0) is 21.7. The van der Waals surface area contributed by atoms with Gasteiger partial charge in [0.05, 0.1) is 24.2 Å². The molecule has 2 aromatic carbocycles. The van der Waals surface area contributed by atoms with E-state index >= 15 is 0 Å². The molecule has 3 aromatic rings. The minimum absolute atomic E-state index is 0.103. The maximum Gasteiger partial charge on any atom is 0.311 e. The summed E-state index contributed by atoms with van der Waals surface area (Å²) in [5, 5.41) is 23.1. The van der Waals surface area contributed by atoms with Crippen molar-refractivity contribution in [1.29, 1.82) is 0 Å². The molecule has 0 aliphatic rings. The second kappa shape index (κ2) is 9.10. The number of carbonyl (C=O) groups excluding carboxylic acids is 1. The molecule has 0 spiro atoms. The van der Waals surface area contributed by atoms with Gasteiger partial charge in [-0.25, -0.2) is 0 Å². The third kappa shape index (κ3) is 4.41. The fraction of sp³-hybridized carbons (Fsp3) is 0.190. The molecule has 0 aliphatic heterocycles. The predicted molar refractivity (Wildman–Crippen MR) is 109 cm³/mol. The first-order chi connectivity index (χ1) is 14.5. The first-order valence-electron chi connectivity index (χ1n) is 9.07. The summed E-state index contributed by atoms with van der Waals surface area (Å²) in [5.41, 5.74) is 0.916. The number of rotatable bonds is 8. The van der Waals surface area contributed by atoms with Crippen molar-refractivity contribution in [2.24, 2.45) is 0 Å². The lowest BCUT2D eigenvalue weighted by molar-refractivity contribution is -0.385. The number of hydrogen-bond acceptors (Lipinski definition) is 7. The van der Waals surface area contributed by atoms with E-state index in [2.05, 4.69) is 5.32 Å². The van der Waals surface area contributed by atoms with Gasteiger partial charge in [0.2, 0.25) is 0 Å². The van der Waals surface area contributed by atoms with Crippen molar-refractivity contribution in [1.82, 2.24) is 0 Å². The fourth-order valence-corrected chi connectivity index (χ4v) is 2.86. The highest BCUT2D eigenvalue weighted by Gasteiger charge is 2.19. The lowest BCUT2D eigenvalue weighted by Gasteiger charge is -2.11. The summed E-state index contributed by atoms with van der Waals surface area (Å²) < 4.78 is 16.1. The van der Waals surface area contributed by atoms with Crippen molar-refractivity contribution in [3.8, 4) is 22.8 Å². The molecule has 9 nitrogen and oxygen atoms in total. The first-order valence-corrected chi connectivity index (χ1v) is 9.07. The van der Waals surface area contributed by atoms with E-state index in [9.17, 15) is 14.9 Å². The summed E-state index contributed by atoms with van der Waals surface area (Å²) in [6.45, 7) is 1.77. The average molecular weight is 412 g/mol. The fourth-order valence-electron chi connectivity index (χ4n) is 2.86. The average Bonchev–Trinajstić information content (AvgIpc) is 3.23. The van der Waals surface area contributed by atoms with Gasteiger partial charge in [-0.2, -0.15) is 0 Å². The van der Waals surface area contributed by atoms with Gasteiger partial charge in [-0.1, -0.05) is 0 Å². The molecule has 2 N–H and O–H groups in total. The van der Waals surface area contributed by atoms with Gasteiger partial charge in [-0.05, 0) is 43.3 Å². The highest BCUT2D eigenvalue weighted by Crippen LogP contribution is 2.34. The number of benzene rings is 2. The van der Waals surface area contributed by atoms with E-state index in [1.807, 2.05) is 0 Å². The molecule has 9 heteroatoms. The zero-order valence-electron chi connectivity index (χ0n) is 16.4. The number of nitrogens with zero attached hydrogens (tertiary/aromatic N) is 1. The first kappa shape index (κ1) is 20.9. The van der Waals surface area contributed by atoms with Crippen LogP contribution < -0.4 is 14.8 Å². The quantitative estimate of drug-likeness (QED) is 0.423. The Kier molecular flexibility index (Phi) is 6.33. The topological polar surface area (TPSA) is 124 Å². The predicted octanol–water partition coefficient (Wildman–Crippen LogP) is 4.01. The molecule has 1 aromatic heterocycles. The van der Waals surface area contributed by atoms with Gasteiger partial charge in [-0.15, -0.1) is 0 Å². The number of hydrogen-bond donors (Lipinski definition) is 2. The van der Waals surface area contributed by atoms with Crippen molar-refractivity contribution >= 4 is 17.3 Å². The minimum atomic E-state index is -0.594. The van der Waals surface area contributed by atoms with Crippen molar-refractivity contribution in [3.63, 3.8) is 0 Å². The number of methoxy groups -OCH3 is 1. The molecule has 3 rings (SSSR count). The molecular formula is C21H20N2O7. The Balaban J connectivity index is 1.84. The van der Waals surface area contributed by atoms with Gasteiger partial charge in [-0.3, -0.25) is 14.9 Å². The molecule has 30 heavy (non-hydrogen) atoms. The van der Waals surface area contributed by atoms with Crippen molar-refractivity contribution in [2.45, 2.75) is 13.5 Å². The van der Waals surface area contributed by atoms with Crippen molar-refractivity contribution in [3.05, 3.63) is 70.0 Å². The Morgan fingerprint density at radius 1 is 1.17 bits per heavy atom. The van der Waals surface area contributed by atoms with Crippen LogP contribution in [0.4, 0.5) is 11.4 Å². The molecule has 0 atom stereocenters. The number of nitrogens with one attached hydrogen (secondary N) is 1. The monoisotopic (exact) mass is 412 g/mol. The molecule has 0 saturated carbocycles. The highest BCUT2D eigenvalue weighted by molar-refractivity contribution is 6.05. The summed E-state index contributed by atoms with van der Waals surface area (Å²) in [5.74, 6) is 0.962. The zero-order valence-corrected chi connectivity index (χ0v) is 16.4. The number of ether oxygens (including phenoxy) is 2. The van der Waals surface area contributed by atoms with Crippen LogP contribution in [-0.4, -0.2) is 29.7 Å². The third-order valence-electron chi connectivity index (χ3n) is 4.26. The summed E-state index contributed by atoms with van der Waals surface area (Å²) in [6, 6.07) is 12.4. The van der Waals surface area contributed by atoms with E-state index in [1.165, 1.54) is 25.3 Å². The van der Waals surface area contributed by atoms with Crippen LogP contribution in [0.5, 0.6) is 11.5 Å². The van der Waals surface area contributed by atoms with Crippen LogP contribution in [-0.2, 0) is 6.61 Å². The van der Waals surface area contributed by atoms with Gasteiger partial charge in [0.1, 0.15) is 23.9 Å². The molecule has 0 unspecified atom stereocenters. The van der Waals surface area contributed by atoms with Gasteiger partial charge in [0, 0.05) is 23.4 Å². The molecule has 1 heterocycles. The Bertz CT molecular complexity index is 1070. The molecule has 156 valence electrons. The van der Waals surface area contributed by atoms with Crippen LogP contribution in [0.1, 0.15) is 23.0 Å². The number of aliphatic hydroxyl groups excluding tert-OH is 1. The minimum Gasteiger partial charge on any atom is -0.496 e. The molecule has 0 fully saturated rings. The SMILES string of the molecule is CCOc1ccc(C(=O)Nc2ccc(-c3ccc(CO)o3)c(OC)c2)cc1[N+](=O)[O-]. The number of aliphatic hydroxyl groups is 1. The number of furan rings is 1. The van der Waals surface area contributed by atoms with E-state index in [0.717, 1.165) is 0 Å². The standard InChI is InChI=1S/C21H20N2O7/c1-3-29-19-8-4-13(10-17(19)23(26)27)21(25)22-14-5-7-16(20(11-14)28-2)18-9-6-15(12-24)30-18/h4-11,24H,3,12H2,1-2H3,(H,22,25). The van der Waals surface area contributed by atoms with E-state index in [-0.39, 0.29) is 30.2 Å². The van der Waals surface area contributed by atoms with Gasteiger partial charge >= 0.3 is 5.69 Å². The molecule has 0 aliphatic carbocycles. The van der Waals surface area contributed by atoms with Gasteiger partial charge < -0.3 is 24.3 Å². The van der Waals surface area contributed by atoms with Crippen LogP contribution in [0.3, 0.4) is 0 Å². The van der Waals surface area contributed by atoms with Crippen molar-refractivity contribution < 1.29 is 28.7 Å². The van der Waals surface area contributed by atoms with E-state index in [4.69, 9.17) is 19.0 Å². The van der Waals surface area contributed by atoms with Gasteiger partial charge in [0.15, 0.2) is 5.75 Å². The van der Waals surface area contributed by atoms with Crippen molar-refractivity contribution in [2.75, 3.05) is 19.0 Å². The number of anilines is 1. The summed E-state index contributed by atoms with van der Waals surface area (Å²) >= 11 is 0. The summed E-state index contributed by atoms with van der Waals surface area (Å²) in [4.78, 5) is 23.3. The number of carbonyl (C=O) groups is 1. The molecule has 0 saturated heterocycles.